The Labute approximate surface area is 141 Å². The van der Waals surface area contributed by atoms with E-state index in [1.807, 2.05) is 0 Å². The molecular formula is C15H14N2O8. The maximum Gasteiger partial charge on any atom is 0.345 e. The van der Waals surface area contributed by atoms with Gasteiger partial charge in [0.15, 0.2) is 18.1 Å². The minimum atomic E-state index is -1.05. The molecule has 132 valence electrons. The molecule has 0 bridgehead atoms. The van der Waals surface area contributed by atoms with E-state index in [-0.39, 0.29) is 49.1 Å². The first kappa shape index (κ1) is 16.7. The fourth-order valence-corrected chi connectivity index (χ4v) is 2.59. The number of carbonyl (C=O) groups is 3. The van der Waals surface area contributed by atoms with Crippen molar-refractivity contribution < 1.29 is 33.5 Å². The van der Waals surface area contributed by atoms with Crippen LogP contribution in [0.4, 0.5) is 5.69 Å². The van der Waals surface area contributed by atoms with Crippen LogP contribution in [0.25, 0.3) is 0 Å². The van der Waals surface area contributed by atoms with Gasteiger partial charge in [-0.1, -0.05) is 0 Å². The summed E-state index contributed by atoms with van der Waals surface area (Å²) in [6, 6.07) is 2.23. The molecule has 0 atom stereocenters. The number of amides is 2. The SMILES string of the molecule is O=C(OCC(=O)N1CCCC1=O)c1cc2c(cc1[N+](=O)[O-])OCCO2. The maximum absolute atomic E-state index is 12.2. The number of hydrogen-bond donors (Lipinski definition) is 0. The molecule has 3 rings (SSSR count). The highest BCUT2D eigenvalue weighted by Gasteiger charge is 2.30. The lowest BCUT2D eigenvalue weighted by Gasteiger charge is -2.19. The van der Waals surface area contributed by atoms with Crippen LogP contribution >= 0.6 is 0 Å². The number of ether oxygens (including phenoxy) is 3. The van der Waals surface area contributed by atoms with Crippen molar-refractivity contribution in [2.75, 3.05) is 26.4 Å². The number of imide groups is 1. The van der Waals surface area contributed by atoms with Crippen LogP contribution in [0.1, 0.15) is 23.2 Å². The Balaban J connectivity index is 1.75. The molecular weight excluding hydrogens is 336 g/mol. The lowest BCUT2D eigenvalue weighted by atomic mass is 10.1. The number of likely N-dealkylation sites (tertiary alicyclic amines) is 1. The second kappa shape index (κ2) is 6.75. The lowest BCUT2D eigenvalue weighted by molar-refractivity contribution is -0.385. The van der Waals surface area contributed by atoms with Gasteiger partial charge in [0.05, 0.1) is 11.0 Å². The highest BCUT2D eigenvalue weighted by atomic mass is 16.6. The molecule has 1 saturated heterocycles. The van der Waals surface area contributed by atoms with Crippen molar-refractivity contribution >= 4 is 23.5 Å². The van der Waals surface area contributed by atoms with Crippen molar-refractivity contribution in [3.63, 3.8) is 0 Å². The van der Waals surface area contributed by atoms with Gasteiger partial charge in [0, 0.05) is 19.0 Å². The molecule has 0 radical (unpaired) electrons. The second-order valence-electron chi connectivity index (χ2n) is 5.39. The molecule has 0 N–H and O–H groups in total. The van der Waals surface area contributed by atoms with Crippen molar-refractivity contribution in [1.29, 1.82) is 0 Å². The fraction of sp³-hybridized carbons (Fsp3) is 0.400. The van der Waals surface area contributed by atoms with Gasteiger partial charge in [-0.15, -0.1) is 0 Å². The van der Waals surface area contributed by atoms with E-state index < -0.39 is 29.1 Å². The van der Waals surface area contributed by atoms with Gasteiger partial charge in [-0.3, -0.25) is 24.6 Å². The van der Waals surface area contributed by atoms with Crippen LogP contribution in [0, 0.1) is 10.1 Å². The molecule has 0 unspecified atom stereocenters. The van der Waals surface area contributed by atoms with Crippen molar-refractivity contribution in [3.05, 3.63) is 27.8 Å². The van der Waals surface area contributed by atoms with Crippen molar-refractivity contribution in [3.8, 4) is 11.5 Å². The number of esters is 1. The van der Waals surface area contributed by atoms with Gasteiger partial charge in [-0.25, -0.2) is 4.79 Å². The van der Waals surface area contributed by atoms with E-state index >= 15 is 0 Å². The predicted molar refractivity (Wildman–Crippen MR) is 80.3 cm³/mol. The van der Waals surface area contributed by atoms with Gasteiger partial charge in [0.1, 0.15) is 18.8 Å². The number of fused-ring (bicyclic) bond motifs is 1. The number of nitro benzene ring substituents is 1. The van der Waals surface area contributed by atoms with Crippen LogP contribution in [0.2, 0.25) is 0 Å². The first-order valence-corrected chi connectivity index (χ1v) is 7.55. The largest absolute Gasteiger partial charge is 0.486 e. The number of benzene rings is 1. The van der Waals surface area contributed by atoms with Crippen LogP contribution in [0.3, 0.4) is 0 Å². The van der Waals surface area contributed by atoms with Crippen molar-refractivity contribution in [1.82, 2.24) is 4.90 Å². The molecule has 0 spiro atoms. The molecule has 10 heteroatoms. The van der Waals surface area contributed by atoms with E-state index in [1.165, 1.54) is 0 Å². The Bertz CT molecular complexity index is 760. The Kier molecular flexibility index (Phi) is 4.50. The third kappa shape index (κ3) is 3.37. The fourth-order valence-electron chi connectivity index (χ4n) is 2.59. The molecule has 0 saturated carbocycles. The summed E-state index contributed by atoms with van der Waals surface area (Å²) in [4.78, 5) is 47.0. The van der Waals surface area contributed by atoms with Gasteiger partial charge in [0.2, 0.25) is 5.91 Å². The monoisotopic (exact) mass is 350 g/mol. The van der Waals surface area contributed by atoms with Gasteiger partial charge < -0.3 is 14.2 Å². The normalized spacial score (nSPS) is 15.8. The summed E-state index contributed by atoms with van der Waals surface area (Å²) < 4.78 is 15.4. The molecule has 0 aliphatic carbocycles. The van der Waals surface area contributed by atoms with Crippen LogP contribution < -0.4 is 9.47 Å². The Hall–Kier alpha value is -3.17. The summed E-state index contributed by atoms with van der Waals surface area (Å²) in [7, 11) is 0. The van der Waals surface area contributed by atoms with Crippen LogP contribution in [-0.2, 0) is 14.3 Å². The quantitative estimate of drug-likeness (QED) is 0.441. The highest BCUT2D eigenvalue weighted by molar-refractivity contribution is 5.99. The van der Waals surface area contributed by atoms with Gasteiger partial charge in [-0.2, -0.15) is 0 Å². The summed E-state index contributed by atoms with van der Waals surface area (Å²) in [6.45, 7) is 0.0940. The van der Waals surface area contributed by atoms with E-state index in [2.05, 4.69) is 0 Å². The van der Waals surface area contributed by atoms with Gasteiger partial charge >= 0.3 is 5.97 Å². The Morgan fingerprint density at radius 3 is 2.52 bits per heavy atom. The third-order valence-corrected chi connectivity index (χ3v) is 3.78. The molecule has 0 aromatic heterocycles. The molecule has 25 heavy (non-hydrogen) atoms. The minimum Gasteiger partial charge on any atom is -0.486 e. The van der Waals surface area contributed by atoms with Gasteiger partial charge in [-0.05, 0) is 6.42 Å². The zero-order chi connectivity index (χ0) is 18.0. The third-order valence-electron chi connectivity index (χ3n) is 3.78. The minimum absolute atomic E-state index is 0.160. The highest BCUT2D eigenvalue weighted by Crippen LogP contribution is 2.36. The summed E-state index contributed by atoms with van der Waals surface area (Å²) in [6.07, 6.45) is 0.833. The number of carbonyl (C=O) groups excluding carboxylic acids is 3. The predicted octanol–water partition coefficient (Wildman–Crippen LogP) is 0.672. The summed E-state index contributed by atoms with van der Waals surface area (Å²) in [5.41, 5.74) is -0.867. The maximum atomic E-state index is 12.2. The zero-order valence-corrected chi connectivity index (χ0v) is 13.1. The first-order chi connectivity index (χ1) is 12.0. The smallest absolute Gasteiger partial charge is 0.345 e. The number of hydrogen-bond acceptors (Lipinski definition) is 8. The number of nitro groups is 1. The number of nitrogens with zero attached hydrogens (tertiary/aromatic N) is 2. The van der Waals surface area contributed by atoms with Crippen LogP contribution in [0.5, 0.6) is 11.5 Å². The zero-order valence-electron chi connectivity index (χ0n) is 13.1. The van der Waals surface area contributed by atoms with Crippen LogP contribution in [0.15, 0.2) is 12.1 Å². The molecule has 2 aliphatic heterocycles. The number of rotatable bonds is 4. The van der Waals surface area contributed by atoms with E-state index in [0.717, 1.165) is 17.0 Å². The topological polar surface area (TPSA) is 125 Å². The van der Waals surface area contributed by atoms with Crippen molar-refractivity contribution in [2.45, 2.75) is 12.8 Å². The molecule has 2 aliphatic rings. The molecule has 1 aromatic rings. The molecule has 2 amide bonds. The van der Waals surface area contributed by atoms with Crippen molar-refractivity contribution in [2.24, 2.45) is 0 Å². The van der Waals surface area contributed by atoms with Crippen LogP contribution in [-0.4, -0.2) is 54.0 Å². The van der Waals surface area contributed by atoms with E-state index in [1.54, 1.807) is 0 Å². The molecule has 2 heterocycles. The summed E-state index contributed by atoms with van der Waals surface area (Å²) >= 11 is 0. The Morgan fingerprint density at radius 1 is 1.24 bits per heavy atom. The van der Waals surface area contributed by atoms with Gasteiger partial charge in [0.25, 0.3) is 11.6 Å². The Morgan fingerprint density at radius 2 is 1.92 bits per heavy atom. The average molecular weight is 350 g/mol. The lowest BCUT2D eigenvalue weighted by Crippen LogP contribution is -2.35. The standard InChI is InChI=1S/C15H14N2O8/c18-13-2-1-3-16(13)14(19)8-25-15(20)9-6-11-12(24-5-4-23-11)7-10(9)17(21)22/h6-7H,1-5,8H2. The average Bonchev–Trinajstić information content (AvgIpc) is 3.04. The molecule has 1 aromatic carbocycles. The van der Waals surface area contributed by atoms with E-state index in [0.29, 0.717) is 6.42 Å². The van der Waals surface area contributed by atoms with E-state index in [4.69, 9.17) is 14.2 Å². The summed E-state index contributed by atoms with van der Waals surface area (Å²) in [5, 5.41) is 11.2. The molecule has 1 fully saturated rings. The second-order valence-corrected chi connectivity index (χ2v) is 5.39. The summed E-state index contributed by atoms with van der Waals surface area (Å²) in [5.74, 6) is -1.69. The first-order valence-electron chi connectivity index (χ1n) is 7.55. The molecule has 10 nitrogen and oxygen atoms in total. The van der Waals surface area contributed by atoms with E-state index in [9.17, 15) is 24.5 Å².